The minimum atomic E-state index is 0.305. The molecule has 1 heterocycles. The van der Waals surface area contributed by atoms with Crippen molar-refractivity contribution in [3.05, 3.63) is 40.9 Å². The molecule has 2 rings (SSSR count). The monoisotopic (exact) mass is 237 g/mol. The molecule has 16 heavy (non-hydrogen) atoms. The van der Waals surface area contributed by atoms with Gasteiger partial charge in [-0.2, -0.15) is 0 Å². The van der Waals surface area contributed by atoms with Crippen LogP contribution in [-0.2, 0) is 4.74 Å². The number of halogens is 1. The zero-order chi connectivity index (χ0) is 11.4. The molecule has 1 aromatic carbocycles. The Morgan fingerprint density at radius 1 is 1.31 bits per heavy atom. The van der Waals surface area contributed by atoms with Crippen LogP contribution in [-0.4, -0.2) is 25.3 Å². The standard InChI is InChI=1S/C13H16ClNO/c1-10-8-16-9-13(15-10)7-4-11-2-5-12(14)6-3-11/h2-7,10,13,15H,8-9H2,1H3/b7-4+. The van der Waals surface area contributed by atoms with Crippen molar-refractivity contribution in [1.82, 2.24) is 5.32 Å². The summed E-state index contributed by atoms with van der Waals surface area (Å²) in [6, 6.07) is 8.54. The first kappa shape index (κ1) is 11.6. The van der Waals surface area contributed by atoms with Gasteiger partial charge in [0.25, 0.3) is 0 Å². The van der Waals surface area contributed by atoms with E-state index in [0.29, 0.717) is 12.1 Å². The van der Waals surface area contributed by atoms with Gasteiger partial charge in [0.1, 0.15) is 0 Å². The van der Waals surface area contributed by atoms with E-state index in [1.165, 1.54) is 0 Å². The quantitative estimate of drug-likeness (QED) is 0.854. The van der Waals surface area contributed by atoms with E-state index >= 15 is 0 Å². The summed E-state index contributed by atoms with van der Waals surface area (Å²) >= 11 is 5.82. The first-order chi connectivity index (χ1) is 7.74. The number of hydrogen-bond acceptors (Lipinski definition) is 2. The maximum atomic E-state index is 5.82. The van der Waals surface area contributed by atoms with Gasteiger partial charge < -0.3 is 10.1 Å². The number of rotatable bonds is 2. The van der Waals surface area contributed by atoms with Gasteiger partial charge in [-0.3, -0.25) is 0 Å². The Kier molecular flexibility index (Phi) is 3.99. The maximum absolute atomic E-state index is 5.82. The van der Waals surface area contributed by atoms with Crippen LogP contribution in [0.5, 0.6) is 0 Å². The molecule has 0 spiro atoms. The molecule has 0 saturated carbocycles. The molecular weight excluding hydrogens is 222 g/mol. The third-order valence-electron chi connectivity index (χ3n) is 2.55. The minimum Gasteiger partial charge on any atom is -0.378 e. The predicted octanol–water partition coefficient (Wildman–Crippen LogP) is 2.73. The second-order valence-electron chi connectivity index (χ2n) is 4.12. The van der Waals surface area contributed by atoms with Crippen LogP contribution in [0.25, 0.3) is 6.08 Å². The van der Waals surface area contributed by atoms with Crippen molar-refractivity contribution in [2.24, 2.45) is 0 Å². The Bertz CT molecular complexity index is 361. The fraction of sp³-hybridized carbons (Fsp3) is 0.385. The number of nitrogens with one attached hydrogen (secondary N) is 1. The SMILES string of the molecule is CC1COCC(/C=C/c2ccc(Cl)cc2)N1. The lowest BCUT2D eigenvalue weighted by Crippen LogP contribution is -2.46. The molecule has 1 N–H and O–H groups in total. The van der Waals surface area contributed by atoms with Crippen LogP contribution in [0.2, 0.25) is 5.02 Å². The van der Waals surface area contributed by atoms with E-state index in [1.54, 1.807) is 0 Å². The summed E-state index contributed by atoms with van der Waals surface area (Å²) in [6.45, 7) is 3.67. The third-order valence-corrected chi connectivity index (χ3v) is 2.81. The molecule has 86 valence electrons. The van der Waals surface area contributed by atoms with Crippen LogP contribution in [0.15, 0.2) is 30.3 Å². The molecular formula is C13H16ClNO. The van der Waals surface area contributed by atoms with Crippen molar-refractivity contribution in [2.75, 3.05) is 13.2 Å². The summed E-state index contributed by atoms with van der Waals surface area (Å²) in [5.41, 5.74) is 1.16. The highest BCUT2D eigenvalue weighted by Gasteiger charge is 2.14. The van der Waals surface area contributed by atoms with Crippen molar-refractivity contribution in [1.29, 1.82) is 0 Å². The predicted molar refractivity (Wildman–Crippen MR) is 67.7 cm³/mol. The van der Waals surface area contributed by atoms with Crippen LogP contribution < -0.4 is 5.32 Å². The molecule has 1 aliphatic heterocycles. The smallest absolute Gasteiger partial charge is 0.0656 e. The van der Waals surface area contributed by atoms with Crippen LogP contribution in [0.1, 0.15) is 12.5 Å². The highest BCUT2D eigenvalue weighted by atomic mass is 35.5. The van der Waals surface area contributed by atoms with Gasteiger partial charge in [-0.25, -0.2) is 0 Å². The summed E-state index contributed by atoms with van der Waals surface area (Å²) in [7, 11) is 0. The molecule has 2 unspecified atom stereocenters. The van der Waals surface area contributed by atoms with Crippen LogP contribution in [0.4, 0.5) is 0 Å². The average Bonchev–Trinajstić information content (AvgIpc) is 2.28. The number of ether oxygens (including phenoxy) is 1. The molecule has 0 bridgehead atoms. The largest absolute Gasteiger partial charge is 0.378 e. The van der Waals surface area contributed by atoms with Gasteiger partial charge in [0, 0.05) is 17.1 Å². The lowest BCUT2D eigenvalue weighted by molar-refractivity contribution is 0.0637. The third kappa shape index (κ3) is 3.34. The molecule has 1 aromatic rings. The zero-order valence-electron chi connectivity index (χ0n) is 9.32. The van der Waals surface area contributed by atoms with E-state index < -0.39 is 0 Å². The van der Waals surface area contributed by atoms with Crippen LogP contribution in [0.3, 0.4) is 0 Å². The average molecular weight is 238 g/mol. The van der Waals surface area contributed by atoms with Gasteiger partial charge in [-0.1, -0.05) is 35.9 Å². The molecule has 1 fully saturated rings. The molecule has 0 amide bonds. The Morgan fingerprint density at radius 3 is 2.75 bits per heavy atom. The molecule has 2 nitrogen and oxygen atoms in total. The van der Waals surface area contributed by atoms with Crippen molar-refractivity contribution < 1.29 is 4.74 Å². The van der Waals surface area contributed by atoms with Crippen LogP contribution >= 0.6 is 11.6 Å². The van der Waals surface area contributed by atoms with E-state index in [-0.39, 0.29) is 0 Å². The minimum absolute atomic E-state index is 0.305. The van der Waals surface area contributed by atoms with E-state index in [1.807, 2.05) is 24.3 Å². The number of morpholine rings is 1. The van der Waals surface area contributed by atoms with Gasteiger partial charge in [-0.05, 0) is 24.6 Å². The van der Waals surface area contributed by atoms with Gasteiger partial charge in [0.15, 0.2) is 0 Å². The summed E-state index contributed by atoms with van der Waals surface area (Å²) in [6.07, 6.45) is 4.23. The highest BCUT2D eigenvalue weighted by Crippen LogP contribution is 2.11. The van der Waals surface area contributed by atoms with E-state index in [9.17, 15) is 0 Å². The molecule has 2 atom stereocenters. The Morgan fingerprint density at radius 2 is 2.06 bits per heavy atom. The van der Waals surface area contributed by atoms with Crippen molar-refractivity contribution in [3.8, 4) is 0 Å². The fourth-order valence-electron chi connectivity index (χ4n) is 1.75. The molecule has 1 aliphatic rings. The molecule has 1 saturated heterocycles. The fourth-order valence-corrected chi connectivity index (χ4v) is 1.87. The summed E-state index contributed by atoms with van der Waals surface area (Å²) in [4.78, 5) is 0. The van der Waals surface area contributed by atoms with E-state index in [0.717, 1.165) is 23.8 Å². The molecule has 0 aliphatic carbocycles. The summed E-state index contributed by atoms with van der Waals surface area (Å²) in [5, 5.41) is 4.23. The van der Waals surface area contributed by atoms with E-state index in [2.05, 4.69) is 24.4 Å². The number of benzene rings is 1. The first-order valence-electron chi connectivity index (χ1n) is 5.51. The topological polar surface area (TPSA) is 21.3 Å². The molecule has 0 aromatic heterocycles. The van der Waals surface area contributed by atoms with Crippen molar-refractivity contribution in [3.63, 3.8) is 0 Å². The summed E-state index contributed by atoms with van der Waals surface area (Å²) < 4.78 is 5.47. The second kappa shape index (κ2) is 5.48. The van der Waals surface area contributed by atoms with Gasteiger partial charge in [0.05, 0.1) is 13.2 Å². The van der Waals surface area contributed by atoms with Gasteiger partial charge in [-0.15, -0.1) is 0 Å². The molecule has 3 heteroatoms. The Labute approximate surface area is 101 Å². The highest BCUT2D eigenvalue weighted by molar-refractivity contribution is 6.30. The Hall–Kier alpha value is -0.830. The van der Waals surface area contributed by atoms with Gasteiger partial charge >= 0.3 is 0 Å². The lowest BCUT2D eigenvalue weighted by atomic mass is 10.1. The van der Waals surface area contributed by atoms with Crippen LogP contribution in [0, 0.1) is 0 Å². The maximum Gasteiger partial charge on any atom is 0.0656 e. The zero-order valence-corrected chi connectivity index (χ0v) is 10.1. The second-order valence-corrected chi connectivity index (χ2v) is 4.56. The molecule has 0 radical (unpaired) electrons. The van der Waals surface area contributed by atoms with Gasteiger partial charge in [0.2, 0.25) is 0 Å². The lowest BCUT2D eigenvalue weighted by Gasteiger charge is -2.26. The normalized spacial score (nSPS) is 26.1. The van der Waals surface area contributed by atoms with Crippen molar-refractivity contribution in [2.45, 2.75) is 19.0 Å². The van der Waals surface area contributed by atoms with Crippen molar-refractivity contribution >= 4 is 17.7 Å². The van der Waals surface area contributed by atoms with E-state index in [4.69, 9.17) is 16.3 Å². The summed E-state index contributed by atoms with van der Waals surface area (Å²) in [5.74, 6) is 0. The first-order valence-corrected chi connectivity index (χ1v) is 5.89. The number of hydrogen-bond donors (Lipinski definition) is 1. The Balaban J connectivity index is 1.95.